The molecule has 2 nitrogen and oxygen atoms in total. The Hall–Kier alpha value is -0.0800. The number of rotatable bonds is 8. The molecule has 0 spiro atoms. The Bertz CT molecular complexity index is 242. The molecule has 20 heavy (non-hydrogen) atoms. The predicted molar refractivity (Wildman–Crippen MR) is 90.1 cm³/mol. The van der Waals surface area contributed by atoms with E-state index >= 15 is 0 Å². The molecule has 0 aliphatic heterocycles. The highest BCUT2D eigenvalue weighted by Crippen LogP contribution is 2.33. The minimum Gasteiger partial charge on any atom is -0.314 e. The van der Waals surface area contributed by atoms with Gasteiger partial charge >= 0.3 is 0 Å². The fourth-order valence-electron chi connectivity index (χ4n) is 3.43. The Morgan fingerprint density at radius 1 is 1.00 bits per heavy atom. The summed E-state index contributed by atoms with van der Waals surface area (Å²) in [5.41, 5.74) is 0. The quantitative estimate of drug-likeness (QED) is 0.719. The molecule has 0 heterocycles. The minimum absolute atomic E-state index is 0.610. The lowest BCUT2D eigenvalue weighted by Gasteiger charge is -2.35. The monoisotopic (exact) mass is 282 g/mol. The van der Waals surface area contributed by atoms with Crippen molar-refractivity contribution in [3.63, 3.8) is 0 Å². The van der Waals surface area contributed by atoms with Crippen molar-refractivity contribution >= 4 is 0 Å². The SMILES string of the molecule is CC(C)NCCC(C)N(C)CC1CCC(C(C)C)CC1. The van der Waals surface area contributed by atoms with E-state index < -0.39 is 0 Å². The smallest absolute Gasteiger partial charge is 0.00760 e. The van der Waals surface area contributed by atoms with E-state index in [1.165, 1.54) is 38.6 Å². The first-order chi connectivity index (χ1) is 9.40. The van der Waals surface area contributed by atoms with Crippen LogP contribution < -0.4 is 5.32 Å². The van der Waals surface area contributed by atoms with Crippen LogP contribution in [0.15, 0.2) is 0 Å². The van der Waals surface area contributed by atoms with Gasteiger partial charge in [0.1, 0.15) is 0 Å². The third-order valence-corrected chi connectivity index (χ3v) is 5.25. The van der Waals surface area contributed by atoms with Gasteiger partial charge < -0.3 is 10.2 Å². The molecule has 1 rings (SSSR count). The molecular formula is C18H38N2. The normalized spacial score (nSPS) is 25.6. The highest BCUT2D eigenvalue weighted by Gasteiger charge is 2.24. The molecule has 0 aromatic carbocycles. The van der Waals surface area contributed by atoms with Crippen LogP contribution in [-0.2, 0) is 0 Å². The Labute approximate surface area is 127 Å². The predicted octanol–water partition coefficient (Wildman–Crippen LogP) is 4.16. The number of hydrogen-bond donors (Lipinski definition) is 1. The van der Waals surface area contributed by atoms with Gasteiger partial charge in [0.05, 0.1) is 0 Å². The van der Waals surface area contributed by atoms with Gasteiger partial charge in [-0.1, -0.05) is 27.7 Å². The van der Waals surface area contributed by atoms with Crippen LogP contribution in [-0.4, -0.2) is 37.1 Å². The maximum absolute atomic E-state index is 3.53. The van der Waals surface area contributed by atoms with Crippen LogP contribution in [0.2, 0.25) is 0 Å². The maximum atomic E-state index is 3.53. The number of hydrogen-bond acceptors (Lipinski definition) is 2. The van der Waals surface area contributed by atoms with Gasteiger partial charge in [0.2, 0.25) is 0 Å². The summed E-state index contributed by atoms with van der Waals surface area (Å²) in [4.78, 5) is 2.59. The summed E-state index contributed by atoms with van der Waals surface area (Å²) >= 11 is 0. The molecule has 1 unspecified atom stereocenters. The van der Waals surface area contributed by atoms with E-state index in [-0.39, 0.29) is 0 Å². The fourth-order valence-corrected chi connectivity index (χ4v) is 3.43. The second kappa shape index (κ2) is 9.04. The van der Waals surface area contributed by atoms with E-state index in [2.05, 4.69) is 51.9 Å². The van der Waals surface area contributed by atoms with Gasteiger partial charge in [-0.3, -0.25) is 0 Å². The molecule has 0 aromatic rings. The average Bonchev–Trinajstić information content (AvgIpc) is 2.38. The zero-order valence-electron chi connectivity index (χ0n) is 14.8. The van der Waals surface area contributed by atoms with Crippen LogP contribution >= 0.6 is 0 Å². The standard InChI is InChI=1S/C18H38N2/c1-14(2)18-9-7-17(8-10-18)13-20(6)16(5)11-12-19-15(3)4/h14-19H,7-13H2,1-6H3. The van der Waals surface area contributed by atoms with Crippen LogP contribution in [0.1, 0.15) is 66.7 Å². The maximum Gasteiger partial charge on any atom is 0.00760 e. The lowest BCUT2D eigenvalue weighted by Crippen LogP contribution is -2.37. The lowest BCUT2D eigenvalue weighted by molar-refractivity contribution is 0.153. The van der Waals surface area contributed by atoms with Crippen molar-refractivity contribution < 1.29 is 0 Å². The van der Waals surface area contributed by atoms with Gasteiger partial charge in [0.25, 0.3) is 0 Å². The third-order valence-electron chi connectivity index (χ3n) is 5.25. The molecule has 0 aromatic heterocycles. The van der Waals surface area contributed by atoms with Gasteiger partial charge in [-0.2, -0.15) is 0 Å². The van der Waals surface area contributed by atoms with Gasteiger partial charge in [0, 0.05) is 18.6 Å². The topological polar surface area (TPSA) is 15.3 Å². The van der Waals surface area contributed by atoms with Crippen LogP contribution in [0, 0.1) is 17.8 Å². The van der Waals surface area contributed by atoms with E-state index in [9.17, 15) is 0 Å². The largest absolute Gasteiger partial charge is 0.314 e. The Morgan fingerprint density at radius 2 is 1.60 bits per heavy atom. The molecule has 1 N–H and O–H groups in total. The van der Waals surface area contributed by atoms with Crippen molar-refractivity contribution in [1.82, 2.24) is 10.2 Å². The highest BCUT2D eigenvalue weighted by atomic mass is 15.1. The average molecular weight is 283 g/mol. The van der Waals surface area contributed by atoms with E-state index in [0.29, 0.717) is 12.1 Å². The van der Waals surface area contributed by atoms with E-state index in [4.69, 9.17) is 0 Å². The number of nitrogens with zero attached hydrogens (tertiary/aromatic N) is 1. The Kier molecular flexibility index (Phi) is 8.13. The molecule has 0 radical (unpaired) electrons. The first kappa shape index (κ1) is 18.0. The lowest BCUT2D eigenvalue weighted by atomic mass is 9.77. The van der Waals surface area contributed by atoms with Crippen molar-refractivity contribution in [1.29, 1.82) is 0 Å². The first-order valence-corrected chi connectivity index (χ1v) is 8.83. The van der Waals surface area contributed by atoms with Gasteiger partial charge in [-0.05, 0) is 70.4 Å². The summed E-state index contributed by atoms with van der Waals surface area (Å²) in [6.07, 6.45) is 7.07. The van der Waals surface area contributed by atoms with Crippen LogP contribution in [0.25, 0.3) is 0 Å². The highest BCUT2D eigenvalue weighted by molar-refractivity contribution is 4.77. The van der Waals surface area contributed by atoms with Gasteiger partial charge in [-0.25, -0.2) is 0 Å². The Balaban J connectivity index is 2.20. The molecule has 1 aliphatic carbocycles. The van der Waals surface area contributed by atoms with Crippen LogP contribution in [0.4, 0.5) is 0 Å². The molecule has 120 valence electrons. The molecule has 0 bridgehead atoms. The van der Waals surface area contributed by atoms with Crippen molar-refractivity contribution in [2.75, 3.05) is 20.1 Å². The first-order valence-electron chi connectivity index (χ1n) is 8.83. The number of nitrogens with one attached hydrogen (secondary N) is 1. The van der Waals surface area contributed by atoms with E-state index in [1.807, 2.05) is 0 Å². The molecule has 1 saturated carbocycles. The van der Waals surface area contributed by atoms with E-state index in [0.717, 1.165) is 24.3 Å². The summed E-state index contributed by atoms with van der Waals surface area (Å²) < 4.78 is 0. The summed E-state index contributed by atoms with van der Waals surface area (Å²) in [5.74, 6) is 2.81. The molecule has 0 amide bonds. The zero-order chi connectivity index (χ0) is 15.1. The van der Waals surface area contributed by atoms with E-state index in [1.54, 1.807) is 0 Å². The van der Waals surface area contributed by atoms with Crippen molar-refractivity contribution in [2.45, 2.75) is 78.8 Å². The summed E-state index contributed by atoms with van der Waals surface area (Å²) in [5, 5.41) is 3.53. The van der Waals surface area contributed by atoms with Crippen molar-refractivity contribution in [3.8, 4) is 0 Å². The fraction of sp³-hybridized carbons (Fsp3) is 1.00. The molecule has 0 saturated heterocycles. The molecule has 2 heteroatoms. The van der Waals surface area contributed by atoms with Crippen molar-refractivity contribution in [3.05, 3.63) is 0 Å². The summed E-state index contributed by atoms with van der Waals surface area (Å²) in [6, 6.07) is 1.31. The molecular weight excluding hydrogens is 244 g/mol. The molecule has 1 atom stereocenters. The molecule has 1 fully saturated rings. The third kappa shape index (κ3) is 6.58. The molecule has 1 aliphatic rings. The summed E-state index contributed by atoms with van der Waals surface area (Å²) in [6.45, 7) is 14.0. The van der Waals surface area contributed by atoms with Gasteiger partial charge in [-0.15, -0.1) is 0 Å². The Morgan fingerprint density at radius 3 is 2.10 bits per heavy atom. The van der Waals surface area contributed by atoms with Crippen molar-refractivity contribution in [2.24, 2.45) is 17.8 Å². The minimum atomic E-state index is 0.610. The summed E-state index contributed by atoms with van der Waals surface area (Å²) in [7, 11) is 2.31. The van der Waals surface area contributed by atoms with Crippen LogP contribution in [0.3, 0.4) is 0 Å². The second-order valence-corrected chi connectivity index (χ2v) is 7.71. The van der Waals surface area contributed by atoms with Crippen LogP contribution in [0.5, 0.6) is 0 Å². The van der Waals surface area contributed by atoms with Gasteiger partial charge in [0.15, 0.2) is 0 Å². The second-order valence-electron chi connectivity index (χ2n) is 7.71. The zero-order valence-corrected chi connectivity index (χ0v) is 14.8.